The predicted molar refractivity (Wildman–Crippen MR) is 160 cm³/mol. The number of pyridine rings is 1. The number of hydrogen-bond donors (Lipinski definition) is 4. The summed E-state index contributed by atoms with van der Waals surface area (Å²) in [5.41, 5.74) is 2.97. The molecule has 1 aromatic heterocycles. The van der Waals surface area contributed by atoms with Gasteiger partial charge in [-0.2, -0.15) is 0 Å². The lowest BCUT2D eigenvalue weighted by Gasteiger charge is -2.19. The second-order valence-electron chi connectivity index (χ2n) is 8.71. The van der Waals surface area contributed by atoms with E-state index in [1.165, 1.54) is 0 Å². The van der Waals surface area contributed by atoms with Crippen LogP contribution in [0.3, 0.4) is 0 Å². The number of hydrogen-bond acceptors (Lipinski definition) is 6. The number of ether oxygens (including phenoxy) is 1. The molecule has 3 aromatic carbocycles. The smallest absolute Gasteiger partial charge is 0.251 e. The molecule has 0 fully saturated rings. The molecule has 0 aliphatic heterocycles. The van der Waals surface area contributed by atoms with Gasteiger partial charge in [0.15, 0.2) is 0 Å². The van der Waals surface area contributed by atoms with E-state index in [2.05, 4.69) is 15.6 Å². The molecular formula is C29H32Cl3N3O4. The number of benzene rings is 3. The summed E-state index contributed by atoms with van der Waals surface area (Å²) in [7, 11) is 0. The number of carbonyl (C=O) groups is 1. The van der Waals surface area contributed by atoms with E-state index in [1.54, 1.807) is 42.6 Å². The Morgan fingerprint density at radius 1 is 1.05 bits per heavy atom. The minimum atomic E-state index is -0.726. The third kappa shape index (κ3) is 8.80. The summed E-state index contributed by atoms with van der Waals surface area (Å²) in [6.45, 7) is 2.66. The molecule has 1 amide bonds. The second kappa shape index (κ2) is 15.6. The SMILES string of the molecule is CCNC(=O)c1ccc2c(Oc3ccc(C[C@@H](CO)NC[C@H](O)c4cccc(Cl)c4)cc3)ccnc2c1.Cl.Cl. The van der Waals surface area contributed by atoms with Crippen LogP contribution in [0.15, 0.2) is 79.0 Å². The number of aromatic nitrogens is 1. The zero-order valence-corrected chi connectivity index (χ0v) is 23.7. The molecule has 10 heteroatoms. The number of nitrogens with zero attached hydrogens (tertiary/aromatic N) is 1. The highest BCUT2D eigenvalue weighted by molar-refractivity contribution is 6.30. The quantitative estimate of drug-likeness (QED) is 0.183. The molecule has 7 nitrogen and oxygen atoms in total. The molecule has 208 valence electrons. The molecule has 4 aromatic rings. The van der Waals surface area contributed by atoms with E-state index in [4.69, 9.17) is 16.3 Å². The van der Waals surface area contributed by atoms with Crippen LogP contribution >= 0.6 is 36.4 Å². The summed E-state index contributed by atoms with van der Waals surface area (Å²) < 4.78 is 6.11. The number of amides is 1. The van der Waals surface area contributed by atoms with Gasteiger partial charge in [-0.1, -0.05) is 35.9 Å². The van der Waals surface area contributed by atoms with Gasteiger partial charge in [0.25, 0.3) is 5.91 Å². The van der Waals surface area contributed by atoms with Gasteiger partial charge in [0, 0.05) is 41.3 Å². The van der Waals surface area contributed by atoms with Gasteiger partial charge in [-0.3, -0.25) is 9.78 Å². The van der Waals surface area contributed by atoms with Gasteiger partial charge in [0.2, 0.25) is 0 Å². The standard InChI is InChI=1S/C29H30ClN3O4.2ClH/c1-2-31-29(36)21-8-11-25-26(16-21)32-13-12-28(25)37-24-9-6-19(7-10-24)14-23(18-34)33-17-27(35)20-4-3-5-22(30)15-20;;/h3-13,15-16,23,27,33-35H,2,14,17-18H2,1H3,(H,31,36);2*1H/t23-,27-;;/m0../s1. The van der Waals surface area contributed by atoms with Crippen LogP contribution in [0.25, 0.3) is 10.9 Å². The maximum atomic E-state index is 12.1. The Bertz CT molecular complexity index is 1360. The summed E-state index contributed by atoms with van der Waals surface area (Å²) in [6, 6.07) is 21.7. The Hall–Kier alpha value is -2.91. The first kappa shape index (κ1) is 32.3. The third-order valence-corrected chi connectivity index (χ3v) is 6.22. The average Bonchev–Trinajstić information content (AvgIpc) is 2.91. The molecule has 0 aliphatic carbocycles. The van der Waals surface area contributed by atoms with Crippen molar-refractivity contribution in [1.29, 1.82) is 0 Å². The fraction of sp³-hybridized carbons (Fsp3) is 0.241. The van der Waals surface area contributed by atoms with Gasteiger partial charge in [-0.05, 0) is 73.0 Å². The van der Waals surface area contributed by atoms with Crippen molar-refractivity contribution in [2.45, 2.75) is 25.5 Å². The lowest BCUT2D eigenvalue weighted by Crippen LogP contribution is -2.37. The van der Waals surface area contributed by atoms with Crippen LogP contribution in [0.1, 0.15) is 34.5 Å². The van der Waals surface area contributed by atoms with Crippen LogP contribution < -0.4 is 15.4 Å². The van der Waals surface area contributed by atoms with Gasteiger partial charge in [0.1, 0.15) is 11.5 Å². The third-order valence-electron chi connectivity index (χ3n) is 5.99. The minimum absolute atomic E-state index is 0. The maximum Gasteiger partial charge on any atom is 0.251 e. The Morgan fingerprint density at radius 2 is 1.82 bits per heavy atom. The van der Waals surface area contributed by atoms with Gasteiger partial charge in [-0.15, -0.1) is 24.8 Å². The molecule has 0 saturated carbocycles. The minimum Gasteiger partial charge on any atom is -0.457 e. The molecule has 0 saturated heterocycles. The van der Waals surface area contributed by atoms with E-state index in [1.807, 2.05) is 43.3 Å². The summed E-state index contributed by atoms with van der Waals surface area (Å²) in [4.78, 5) is 16.5. The molecular weight excluding hydrogens is 561 g/mol. The van der Waals surface area contributed by atoms with Crippen molar-refractivity contribution >= 4 is 53.2 Å². The molecule has 0 bridgehead atoms. The van der Waals surface area contributed by atoms with Crippen LogP contribution in [0.4, 0.5) is 0 Å². The maximum absolute atomic E-state index is 12.1. The van der Waals surface area contributed by atoms with Gasteiger partial charge in [-0.25, -0.2) is 0 Å². The zero-order valence-electron chi connectivity index (χ0n) is 21.3. The molecule has 39 heavy (non-hydrogen) atoms. The van der Waals surface area contributed by atoms with Crippen molar-refractivity contribution in [2.75, 3.05) is 19.7 Å². The first-order chi connectivity index (χ1) is 18.0. The fourth-order valence-electron chi connectivity index (χ4n) is 4.03. The summed E-state index contributed by atoms with van der Waals surface area (Å²) >= 11 is 6.01. The Kier molecular flexibility index (Phi) is 12.9. The summed E-state index contributed by atoms with van der Waals surface area (Å²) in [6.07, 6.45) is 1.51. The Morgan fingerprint density at radius 3 is 2.51 bits per heavy atom. The lowest BCUT2D eigenvalue weighted by atomic mass is 10.0. The van der Waals surface area contributed by atoms with E-state index in [9.17, 15) is 15.0 Å². The van der Waals surface area contributed by atoms with Gasteiger partial charge < -0.3 is 25.6 Å². The van der Waals surface area contributed by atoms with Crippen molar-refractivity contribution in [3.63, 3.8) is 0 Å². The van der Waals surface area contributed by atoms with Crippen LogP contribution in [-0.2, 0) is 6.42 Å². The van der Waals surface area contributed by atoms with E-state index in [0.717, 1.165) is 16.5 Å². The molecule has 4 rings (SSSR count). The molecule has 0 spiro atoms. The number of nitrogens with one attached hydrogen (secondary N) is 2. The fourth-order valence-corrected chi connectivity index (χ4v) is 4.23. The zero-order chi connectivity index (χ0) is 26.2. The van der Waals surface area contributed by atoms with Crippen LogP contribution in [-0.4, -0.2) is 46.8 Å². The number of rotatable bonds is 11. The van der Waals surface area contributed by atoms with Crippen LogP contribution in [0, 0.1) is 0 Å². The highest BCUT2D eigenvalue weighted by Gasteiger charge is 2.14. The summed E-state index contributed by atoms with van der Waals surface area (Å²) in [5, 5.41) is 27.6. The molecule has 0 unspecified atom stereocenters. The van der Waals surface area contributed by atoms with Crippen LogP contribution in [0.2, 0.25) is 5.02 Å². The molecule has 2 atom stereocenters. The normalized spacial score (nSPS) is 12.1. The van der Waals surface area contributed by atoms with Crippen molar-refractivity contribution in [2.24, 2.45) is 0 Å². The second-order valence-corrected chi connectivity index (χ2v) is 9.15. The Balaban J connectivity index is 0.00000267. The molecule has 0 aliphatic rings. The predicted octanol–water partition coefficient (Wildman–Crippen LogP) is 5.50. The number of halogens is 3. The molecule has 1 heterocycles. The van der Waals surface area contributed by atoms with E-state index in [-0.39, 0.29) is 43.4 Å². The lowest BCUT2D eigenvalue weighted by molar-refractivity contribution is 0.0956. The monoisotopic (exact) mass is 591 g/mol. The molecule has 0 radical (unpaired) electrons. The number of aliphatic hydroxyl groups excluding tert-OH is 2. The largest absolute Gasteiger partial charge is 0.457 e. The van der Waals surface area contributed by atoms with Gasteiger partial charge >= 0.3 is 0 Å². The van der Waals surface area contributed by atoms with E-state index in [0.29, 0.717) is 47.1 Å². The van der Waals surface area contributed by atoms with E-state index >= 15 is 0 Å². The highest BCUT2D eigenvalue weighted by Crippen LogP contribution is 2.29. The first-order valence-corrected chi connectivity index (χ1v) is 12.6. The van der Waals surface area contributed by atoms with Gasteiger partial charge in [0.05, 0.1) is 18.2 Å². The summed E-state index contributed by atoms with van der Waals surface area (Å²) in [5.74, 6) is 1.17. The topological polar surface area (TPSA) is 104 Å². The first-order valence-electron chi connectivity index (χ1n) is 12.2. The average molecular weight is 593 g/mol. The van der Waals surface area contributed by atoms with Crippen molar-refractivity contribution in [3.05, 3.63) is 101 Å². The van der Waals surface area contributed by atoms with Crippen molar-refractivity contribution < 1.29 is 19.7 Å². The number of fused-ring (bicyclic) bond motifs is 1. The van der Waals surface area contributed by atoms with E-state index < -0.39 is 6.10 Å². The highest BCUT2D eigenvalue weighted by atomic mass is 35.5. The molecule has 4 N–H and O–H groups in total. The Labute approximate surface area is 245 Å². The van der Waals surface area contributed by atoms with Crippen molar-refractivity contribution in [1.82, 2.24) is 15.6 Å². The van der Waals surface area contributed by atoms with Crippen molar-refractivity contribution in [3.8, 4) is 11.5 Å². The number of aliphatic hydroxyl groups is 2. The van der Waals surface area contributed by atoms with Crippen LogP contribution in [0.5, 0.6) is 11.5 Å². The number of carbonyl (C=O) groups excluding carboxylic acids is 1.